The molecule has 1 aliphatic rings. The van der Waals surface area contributed by atoms with Gasteiger partial charge in [0.15, 0.2) is 0 Å². The van der Waals surface area contributed by atoms with E-state index in [1.807, 2.05) is 41.3 Å². The van der Waals surface area contributed by atoms with Crippen LogP contribution in [-0.2, 0) is 0 Å². The minimum absolute atomic E-state index is 0.0474. The van der Waals surface area contributed by atoms with Crippen molar-refractivity contribution in [3.8, 4) is 11.5 Å². The van der Waals surface area contributed by atoms with E-state index in [9.17, 15) is 4.79 Å². The van der Waals surface area contributed by atoms with E-state index in [0.717, 1.165) is 25.1 Å². The van der Waals surface area contributed by atoms with Gasteiger partial charge in [0, 0.05) is 24.8 Å². The van der Waals surface area contributed by atoms with E-state index in [2.05, 4.69) is 5.32 Å². The quantitative estimate of drug-likeness (QED) is 0.906. The highest BCUT2D eigenvalue weighted by atomic mass is 16.5. The topological polar surface area (TPSA) is 50.8 Å². The molecule has 5 nitrogen and oxygen atoms in total. The number of nitrogens with zero attached hydrogens (tertiary/aromatic N) is 1. The molecule has 0 radical (unpaired) electrons. The van der Waals surface area contributed by atoms with Crippen molar-refractivity contribution >= 4 is 11.6 Å². The van der Waals surface area contributed by atoms with Crippen LogP contribution in [0.15, 0.2) is 48.5 Å². The van der Waals surface area contributed by atoms with Gasteiger partial charge in [-0.15, -0.1) is 0 Å². The fourth-order valence-electron chi connectivity index (χ4n) is 3.27. The van der Waals surface area contributed by atoms with Crippen LogP contribution in [-0.4, -0.2) is 44.2 Å². The minimum Gasteiger partial charge on any atom is -0.496 e. The number of carbonyl (C=O) groups excluding carboxylic acids is 1. The summed E-state index contributed by atoms with van der Waals surface area (Å²) >= 11 is 0. The Kier molecular flexibility index (Phi) is 5.43. The normalized spacial score (nSPS) is 17.0. The van der Waals surface area contributed by atoms with Crippen molar-refractivity contribution in [3.05, 3.63) is 54.1 Å². The van der Waals surface area contributed by atoms with Crippen LogP contribution in [0.5, 0.6) is 11.5 Å². The predicted molar refractivity (Wildman–Crippen MR) is 98.5 cm³/mol. The molecular weight excluding hydrogens is 316 g/mol. The maximum Gasteiger partial charge on any atom is 0.261 e. The van der Waals surface area contributed by atoms with Crippen molar-refractivity contribution in [3.63, 3.8) is 0 Å². The zero-order chi connectivity index (χ0) is 17.6. The standard InChI is InChI=1S/C20H24N2O3/c1-24-17-11-6-12-18(25-2)19(17)20(23)22-13-7-10-16(14-22)21-15-8-4-3-5-9-15/h3-6,8-9,11-12,16,21H,7,10,13-14H2,1-2H3. The molecule has 1 aliphatic heterocycles. The summed E-state index contributed by atoms with van der Waals surface area (Å²) in [5.74, 6) is 1.04. The zero-order valence-corrected chi connectivity index (χ0v) is 14.7. The van der Waals surface area contributed by atoms with Crippen molar-refractivity contribution < 1.29 is 14.3 Å². The number of anilines is 1. The van der Waals surface area contributed by atoms with E-state index in [-0.39, 0.29) is 11.9 Å². The zero-order valence-electron chi connectivity index (χ0n) is 14.7. The van der Waals surface area contributed by atoms with Crippen LogP contribution in [0.2, 0.25) is 0 Å². The Balaban J connectivity index is 1.76. The molecule has 2 aromatic carbocycles. The molecule has 1 unspecified atom stereocenters. The van der Waals surface area contributed by atoms with Gasteiger partial charge >= 0.3 is 0 Å². The van der Waals surface area contributed by atoms with Crippen LogP contribution >= 0.6 is 0 Å². The molecule has 25 heavy (non-hydrogen) atoms. The van der Waals surface area contributed by atoms with Crippen LogP contribution in [0, 0.1) is 0 Å². The first-order valence-electron chi connectivity index (χ1n) is 8.54. The number of piperidine rings is 1. The SMILES string of the molecule is COc1cccc(OC)c1C(=O)N1CCCC(Nc2ccccc2)C1. The molecule has 1 atom stereocenters. The molecule has 1 heterocycles. The lowest BCUT2D eigenvalue weighted by Crippen LogP contribution is -2.45. The van der Waals surface area contributed by atoms with E-state index in [1.165, 1.54) is 0 Å². The first kappa shape index (κ1) is 17.1. The lowest BCUT2D eigenvalue weighted by Gasteiger charge is -2.34. The third kappa shape index (κ3) is 3.87. The molecule has 3 rings (SSSR count). The average Bonchev–Trinajstić information content (AvgIpc) is 2.67. The molecule has 1 saturated heterocycles. The molecule has 1 fully saturated rings. The molecule has 2 aromatic rings. The predicted octanol–water partition coefficient (Wildman–Crippen LogP) is 3.42. The lowest BCUT2D eigenvalue weighted by atomic mass is 10.0. The third-order valence-corrected chi connectivity index (χ3v) is 4.49. The number of benzene rings is 2. The van der Waals surface area contributed by atoms with Crippen LogP contribution < -0.4 is 14.8 Å². The minimum atomic E-state index is -0.0474. The molecule has 5 heteroatoms. The Hall–Kier alpha value is -2.69. The largest absolute Gasteiger partial charge is 0.496 e. The highest BCUT2D eigenvalue weighted by Gasteiger charge is 2.28. The van der Waals surface area contributed by atoms with E-state index in [0.29, 0.717) is 23.6 Å². The highest BCUT2D eigenvalue weighted by Crippen LogP contribution is 2.30. The van der Waals surface area contributed by atoms with Gasteiger partial charge < -0.3 is 19.7 Å². The number of amides is 1. The number of hydrogen-bond donors (Lipinski definition) is 1. The molecule has 132 valence electrons. The maximum absolute atomic E-state index is 13.1. The number of rotatable bonds is 5. The number of para-hydroxylation sites is 1. The fourth-order valence-corrected chi connectivity index (χ4v) is 3.27. The lowest BCUT2D eigenvalue weighted by molar-refractivity contribution is 0.0708. The molecular formula is C20H24N2O3. The van der Waals surface area contributed by atoms with Crippen molar-refractivity contribution in [1.29, 1.82) is 0 Å². The number of methoxy groups -OCH3 is 2. The van der Waals surface area contributed by atoms with Crippen molar-refractivity contribution in [1.82, 2.24) is 4.90 Å². The van der Waals surface area contributed by atoms with Gasteiger partial charge in [0.2, 0.25) is 0 Å². The van der Waals surface area contributed by atoms with Gasteiger partial charge in [0.25, 0.3) is 5.91 Å². The second kappa shape index (κ2) is 7.92. The van der Waals surface area contributed by atoms with Crippen molar-refractivity contribution in [2.45, 2.75) is 18.9 Å². The summed E-state index contributed by atoms with van der Waals surface area (Å²) in [6, 6.07) is 15.7. The fraction of sp³-hybridized carbons (Fsp3) is 0.350. The highest BCUT2D eigenvalue weighted by molar-refractivity contribution is 5.99. The summed E-state index contributed by atoms with van der Waals surface area (Å²) in [5.41, 5.74) is 1.57. The Bertz CT molecular complexity index is 696. The summed E-state index contributed by atoms with van der Waals surface area (Å²) in [4.78, 5) is 15.0. The average molecular weight is 340 g/mol. The van der Waals surface area contributed by atoms with Gasteiger partial charge in [0.05, 0.1) is 14.2 Å². The molecule has 0 spiro atoms. The molecule has 1 N–H and O–H groups in total. The van der Waals surface area contributed by atoms with Crippen LogP contribution in [0.4, 0.5) is 5.69 Å². The molecule has 0 aliphatic carbocycles. The van der Waals surface area contributed by atoms with E-state index in [4.69, 9.17) is 9.47 Å². The van der Waals surface area contributed by atoms with Crippen molar-refractivity contribution in [2.75, 3.05) is 32.6 Å². The van der Waals surface area contributed by atoms with Gasteiger partial charge in [-0.2, -0.15) is 0 Å². The summed E-state index contributed by atoms with van der Waals surface area (Å²) < 4.78 is 10.8. The summed E-state index contributed by atoms with van der Waals surface area (Å²) in [6.45, 7) is 1.40. The van der Waals surface area contributed by atoms with Crippen LogP contribution in [0.1, 0.15) is 23.2 Å². The van der Waals surface area contributed by atoms with Gasteiger partial charge in [-0.05, 0) is 37.1 Å². The van der Waals surface area contributed by atoms with Gasteiger partial charge in [-0.3, -0.25) is 4.79 Å². The van der Waals surface area contributed by atoms with E-state index < -0.39 is 0 Å². The summed E-state index contributed by atoms with van der Waals surface area (Å²) in [6.07, 6.45) is 2.01. The van der Waals surface area contributed by atoms with E-state index in [1.54, 1.807) is 26.4 Å². The second-order valence-electron chi connectivity index (χ2n) is 6.14. The van der Waals surface area contributed by atoms with Gasteiger partial charge in [-0.25, -0.2) is 0 Å². The number of ether oxygens (including phenoxy) is 2. The number of hydrogen-bond acceptors (Lipinski definition) is 4. The number of carbonyl (C=O) groups is 1. The Morgan fingerprint density at radius 2 is 1.72 bits per heavy atom. The monoisotopic (exact) mass is 340 g/mol. The Labute approximate surface area is 148 Å². The first-order chi connectivity index (χ1) is 12.2. The number of nitrogens with one attached hydrogen (secondary N) is 1. The second-order valence-corrected chi connectivity index (χ2v) is 6.14. The maximum atomic E-state index is 13.1. The van der Waals surface area contributed by atoms with Gasteiger partial charge in [-0.1, -0.05) is 24.3 Å². The Morgan fingerprint density at radius 1 is 1.04 bits per heavy atom. The first-order valence-corrected chi connectivity index (χ1v) is 8.54. The molecule has 1 amide bonds. The van der Waals surface area contributed by atoms with Gasteiger partial charge in [0.1, 0.15) is 17.1 Å². The Morgan fingerprint density at radius 3 is 2.36 bits per heavy atom. The smallest absolute Gasteiger partial charge is 0.261 e. The number of likely N-dealkylation sites (tertiary alicyclic amines) is 1. The van der Waals surface area contributed by atoms with Crippen LogP contribution in [0.25, 0.3) is 0 Å². The van der Waals surface area contributed by atoms with Crippen LogP contribution in [0.3, 0.4) is 0 Å². The summed E-state index contributed by atoms with van der Waals surface area (Å²) in [5, 5.41) is 3.52. The van der Waals surface area contributed by atoms with E-state index >= 15 is 0 Å². The summed E-state index contributed by atoms with van der Waals surface area (Å²) in [7, 11) is 3.14. The molecule has 0 saturated carbocycles. The molecule has 0 bridgehead atoms. The third-order valence-electron chi connectivity index (χ3n) is 4.49. The molecule has 0 aromatic heterocycles. The van der Waals surface area contributed by atoms with Crippen molar-refractivity contribution in [2.24, 2.45) is 0 Å².